The first-order valence-electron chi connectivity index (χ1n) is 7.71. The van der Waals surface area contributed by atoms with Gasteiger partial charge in [0.1, 0.15) is 5.82 Å². The third kappa shape index (κ3) is 3.86. The van der Waals surface area contributed by atoms with Crippen LogP contribution < -0.4 is 11.1 Å². The summed E-state index contributed by atoms with van der Waals surface area (Å²) < 4.78 is 5.00. The Bertz CT molecular complexity index is 496. The third-order valence-corrected chi connectivity index (χ3v) is 4.23. The first kappa shape index (κ1) is 15.6. The van der Waals surface area contributed by atoms with Gasteiger partial charge >= 0.3 is 5.97 Å². The summed E-state index contributed by atoms with van der Waals surface area (Å²) in [6.45, 7) is 5.24. The van der Waals surface area contributed by atoms with Crippen LogP contribution in [0.3, 0.4) is 0 Å². The lowest BCUT2D eigenvalue weighted by atomic mass is 9.76. The molecule has 0 radical (unpaired) electrons. The molecule has 0 amide bonds. The minimum atomic E-state index is -0.399. The standard InChI is InChI=1S/C16H25N3O2/c1-3-21-15(20)12-7-10-18-14(13(12)17)19-11-16(2)8-5-4-6-9-16/h7,10H,3-6,8-9,11,17H2,1-2H3,(H,18,19). The van der Waals surface area contributed by atoms with Crippen molar-refractivity contribution in [2.45, 2.75) is 46.0 Å². The van der Waals surface area contributed by atoms with E-state index in [4.69, 9.17) is 10.5 Å². The van der Waals surface area contributed by atoms with Gasteiger partial charge in [-0.05, 0) is 31.2 Å². The molecule has 0 atom stereocenters. The van der Waals surface area contributed by atoms with E-state index >= 15 is 0 Å². The predicted molar refractivity (Wildman–Crippen MR) is 84.3 cm³/mol. The first-order chi connectivity index (χ1) is 10.1. The molecule has 3 N–H and O–H groups in total. The van der Waals surface area contributed by atoms with Crippen LogP contribution in [0, 0.1) is 5.41 Å². The summed E-state index contributed by atoms with van der Waals surface area (Å²) in [7, 11) is 0. The molecular formula is C16H25N3O2. The fourth-order valence-electron chi connectivity index (χ4n) is 2.88. The number of rotatable bonds is 5. The lowest BCUT2D eigenvalue weighted by Gasteiger charge is -2.34. The fraction of sp³-hybridized carbons (Fsp3) is 0.625. The van der Waals surface area contributed by atoms with Crippen molar-refractivity contribution < 1.29 is 9.53 Å². The Morgan fingerprint density at radius 1 is 1.43 bits per heavy atom. The molecule has 1 heterocycles. The van der Waals surface area contributed by atoms with Crippen molar-refractivity contribution in [2.24, 2.45) is 5.41 Å². The van der Waals surface area contributed by atoms with Gasteiger partial charge in [0.15, 0.2) is 0 Å². The van der Waals surface area contributed by atoms with Crippen LogP contribution in [0.25, 0.3) is 0 Å². The van der Waals surface area contributed by atoms with Gasteiger partial charge in [0, 0.05) is 12.7 Å². The van der Waals surface area contributed by atoms with Gasteiger partial charge in [0.25, 0.3) is 0 Å². The van der Waals surface area contributed by atoms with Crippen molar-refractivity contribution in [3.05, 3.63) is 17.8 Å². The zero-order valence-electron chi connectivity index (χ0n) is 12.9. The van der Waals surface area contributed by atoms with Gasteiger partial charge in [-0.15, -0.1) is 0 Å². The second-order valence-electron chi connectivity index (χ2n) is 6.07. The van der Waals surface area contributed by atoms with Crippen LogP contribution >= 0.6 is 0 Å². The minimum Gasteiger partial charge on any atom is -0.462 e. The summed E-state index contributed by atoms with van der Waals surface area (Å²) >= 11 is 0. The highest BCUT2D eigenvalue weighted by molar-refractivity contribution is 5.97. The van der Waals surface area contributed by atoms with E-state index in [0.717, 1.165) is 6.54 Å². The second-order valence-corrected chi connectivity index (χ2v) is 6.07. The van der Waals surface area contributed by atoms with Gasteiger partial charge in [-0.1, -0.05) is 26.2 Å². The molecule has 5 heteroatoms. The number of nitrogens with one attached hydrogen (secondary N) is 1. The number of nitrogen functional groups attached to an aromatic ring is 1. The van der Waals surface area contributed by atoms with E-state index < -0.39 is 5.97 Å². The van der Waals surface area contributed by atoms with Crippen LogP contribution in [0.1, 0.15) is 56.3 Å². The number of hydrogen-bond donors (Lipinski definition) is 2. The van der Waals surface area contributed by atoms with Crippen LogP contribution in [0.15, 0.2) is 12.3 Å². The minimum absolute atomic E-state index is 0.284. The third-order valence-electron chi connectivity index (χ3n) is 4.23. The molecule has 1 fully saturated rings. The van der Waals surface area contributed by atoms with Gasteiger partial charge in [-0.25, -0.2) is 9.78 Å². The number of anilines is 2. The van der Waals surface area contributed by atoms with Gasteiger partial charge in [0.2, 0.25) is 0 Å². The molecule has 1 aromatic rings. The summed E-state index contributed by atoms with van der Waals surface area (Å²) in [6, 6.07) is 1.60. The van der Waals surface area contributed by atoms with Crippen molar-refractivity contribution in [2.75, 3.05) is 24.2 Å². The maximum absolute atomic E-state index is 11.8. The van der Waals surface area contributed by atoms with E-state index in [2.05, 4.69) is 17.2 Å². The molecule has 1 aliphatic rings. The number of hydrogen-bond acceptors (Lipinski definition) is 5. The summed E-state index contributed by atoms with van der Waals surface area (Å²) in [5.74, 6) is 0.177. The highest BCUT2D eigenvalue weighted by Gasteiger charge is 2.27. The number of nitrogens with zero attached hydrogens (tertiary/aromatic N) is 1. The number of aromatic nitrogens is 1. The Labute approximate surface area is 126 Å². The van der Waals surface area contributed by atoms with Crippen molar-refractivity contribution in [3.8, 4) is 0 Å². The SMILES string of the molecule is CCOC(=O)c1ccnc(NCC2(C)CCCCC2)c1N. The number of carbonyl (C=O) groups is 1. The Balaban J connectivity index is 2.06. The highest BCUT2D eigenvalue weighted by atomic mass is 16.5. The van der Waals surface area contributed by atoms with Crippen LogP contribution in [0.5, 0.6) is 0 Å². The van der Waals surface area contributed by atoms with Crippen molar-refractivity contribution in [1.29, 1.82) is 0 Å². The van der Waals surface area contributed by atoms with E-state index in [0.29, 0.717) is 23.7 Å². The smallest absolute Gasteiger partial charge is 0.340 e. The number of pyridine rings is 1. The molecule has 2 rings (SSSR count). The molecule has 1 aliphatic carbocycles. The number of carbonyl (C=O) groups excluding carboxylic acids is 1. The lowest BCUT2D eigenvalue weighted by Crippen LogP contribution is -2.29. The van der Waals surface area contributed by atoms with Gasteiger partial charge in [-0.3, -0.25) is 0 Å². The molecular weight excluding hydrogens is 266 g/mol. The van der Waals surface area contributed by atoms with Crippen molar-refractivity contribution in [1.82, 2.24) is 4.98 Å². The number of esters is 1. The van der Waals surface area contributed by atoms with E-state index in [9.17, 15) is 4.79 Å². The lowest BCUT2D eigenvalue weighted by molar-refractivity contribution is 0.0527. The molecule has 0 aromatic carbocycles. The van der Waals surface area contributed by atoms with Gasteiger partial charge < -0.3 is 15.8 Å². The molecule has 21 heavy (non-hydrogen) atoms. The van der Waals surface area contributed by atoms with E-state index in [1.54, 1.807) is 19.2 Å². The Kier molecular flexibility index (Phi) is 5.04. The monoisotopic (exact) mass is 291 g/mol. The van der Waals surface area contributed by atoms with Crippen molar-refractivity contribution in [3.63, 3.8) is 0 Å². The fourth-order valence-corrected chi connectivity index (χ4v) is 2.88. The van der Waals surface area contributed by atoms with Gasteiger partial charge in [-0.2, -0.15) is 0 Å². The topological polar surface area (TPSA) is 77.2 Å². The van der Waals surface area contributed by atoms with E-state index in [1.165, 1.54) is 32.1 Å². The predicted octanol–water partition coefficient (Wildman–Crippen LogP) is 3.22. The molecule has 0 bridgehead atoms. The molecule has 0 spiro atoms. The van der Waals surface area contributed by atoms with Gasteiger partial charge in [0.05, 0.1) is 17.9 Å². The van der Waals surface area contributed by atoms with E-state index in [-0.39, 0.29) is 5.41 Å². The normalized spacial score (nSPS) is 17.2. The average Bonchev–Trinajstić information content (AvgIpc) is 2.47. The largest absolute Gasteiger partial charge is 0.462 e. The van der Waals surface area contributed by atoms with E-state index in [1.807, 2.05) is 0 Å². The average molecular weight is 291 g/mol. The van der Waals surface area contributed by atoms with Crippen LogP contribution in [0.4, 0.5) is 11.5 Å². The molecule has 5 nitrogen and oxygen atoms in total. The quantitative estimate of drug-likeness (QED) is 0.814. The van der Waals surface area contributed by atoms with Crippen LogP contribution in [0.2, 0.25) is 0 Å². The zero-order valence-corrected chi connectivity index (χ0v) is 12.9. The maximum atomic E-state index is 11.8. The van der Waals surface area contributed by atoms with Crippen LogP contribution in [-0.4, -0.2) is 24.1 Å². The first-order valence-corrected chi connectivity index (χ1v) is 7.71. The molecule has 0 saturated heterocycles. The summed E-state index contributed by atoms with van der Waals surface area (Å²) in [5, 5.41) is 3.32. The number of nitrogens with two attached hydrogens (primary N) is 1. The maximum Gasteiger partial charge on any atom is 0.340 e. The molecule has 1 aromatic heterocycles. The van der Waals surface area contributed by atoms with Crippen molar-refractivity contribution >= 4 is 17.5 Å². The molecule has 116 valence electrons. The Morgan fingerprint density at radius 3 is 2.81 bits per heavy atom. The number of ether oxygens (including phenoxy) is 1. The Hall–Kier alpha value is -1.78. The van der Waals surface area contributed by atoms with Crippen LogP contribution in [-0.2, 0) is 4.74 Å². The molecule has 0 unspecified atom stereocenters. The summed E-state index contributed by atoms with van der Waals surface area (Å²) in [4.78, 5) is 16.1. The molecule has 0 aliphatic heterocycles. The summed E-state index contributed by atoms with van der Waals surface area (Å²) in [6.07, 6.45) is 7.92. The zero-order chi connectivity index (χ0) is 15.3. The second kappa shape index (κ2) is 6.78. The summed E-state index contributed by atoms with van der Waals surface area (Å²) in [5.41, 5.74) is 7.08. The highest BCUT2D eigenvalue weighted by Crippen LogP contribution is 2.36. The Morgan fingerprint density at radius 2 is 2.14 bits per heavy atom. The molecule has 1 saturated carbocycles.